The summed E-state index contributed by atoms with van der Waals surface area (Å²) in [6, 6.07) is 5.80. The minimum absolute atomic E-state index is 0.218. The number of primary amides is 1. The maximum absolute atomic E-state index is 11.8. The molecule has 0 aliphatic heterocycles. The van der Waals surface area contributed by atoms with Crippen molar-refractivity contribution in [3.63, 3.8) is 0 Å². The number of aliphatic carboxylic acids is 1. The molecule has 0 aliphatic rings. The Kier molecular flexibility index (Phi) is 5.33. The van der Waals surface area contributed by atoms with Gasteiger partial charge in [-0.3, -0.25) is 4.79 Å². The van der Waals surface area contributed by atoms with E-state index in [0.717, 1.165) is 4.90 Å². The minimum Gasteiger partial charge on any atom is -0.480 e. The molecule has 0 bridgehead atoms. The highest BCUT2D eigenvalue weighted by Crippen LogP contribution is 2.23. The molecule has 0 unspecified atom stereocenters. The third kappa shape index (κ3) is 4.84. The van der Waals surface area contributed by atoms with Crippen LogP contribution in [0.25, 0.3) is 0 Å². The summed E-state index contributed by atoms with van der Waals surface area (Å²) >= 11 is 0. The predicted octanol–water partition coefficient (Wildman–Crippen LogP) is 0.0990. The van der Waals surface area contributed by atoms with Gasteiger partial charge in [-0.2, -0.15) is 0 Å². The molecule has 3 amide bonds. The molecular formula is C12H15N3O5. The molecule has 0 aliphatic carbocycles. The largest absolute Gasteiger partial charge is 0.480 e. The van der Waals surface area contributed by atoms with E-state index in [9.17, 15) is 14.4 Å². The number of benzene rings is 1. The number of amides is 3. The smallest absolute Gasteiger partial charge is 0.341 e. The molecule has 0 spiro atoms. The van der Waals surface area contributed by atoms with Crippen molar-refractivity contribution >= 4 is 23.6 Å². The second-order valence-electron chi connectivity index (χ2n) is 3.93. The Labute approximate surface area is 115 Å². The topological polar surface area (TPSA) is 122 Å². The molecule has 0 radical (unpaired) electrons. The van der Waals surface area contributed by atoms with Gasteiger partial charge in [0.15, 0.2) is 6.61 Å². The van der Waals surface area contributed by atoms with Gasteiger partial charge in [-0.15, -0.1) is 0 Å². The number of nitrogens with zero attached hydrogens (tertiary/aromatic N) is 1. The average molecular weight is 281 g/mol. The Hall–Kier alpha value is -2.77. The zero-order valence-electron chi connectivity index (χ0n) is 10.8. The highest BCUT2D eigenvalue weighted by Gasteiger charge is 2.13. The standard InChI is InChI=1S/C12H15N3O5/c1-15(6-10(13)16)12(19)14-8-4-2-3-5-9(8)20-7-11(17)18/h2-5H,6-7H2,1H3,(H2,13,16)(H,14,19)(H,17,18). The Morgan fingerprint density at radius 3 is 2.60 bits per heavy atom. The SMILES string of the molecule is CN(CC(N)=O)C(=O)Nc1ccccc1OCC(=O)O. The maximum atomic E-state index is 11.8. The average Bonchev–Trinajstić information content (AvgIpc) is 2.36. The highest BCUT2D eigenvalue weighted by molar-refractivity contribution is 5.93. The van der Waals surface area contributed by atoms with Crippen LogP contribution in [0.1, 0.15) is 0 Å². The van der Waals surface area contributed by atoms with Crippen LogP contribution in [0, 0.1) is 0 Å². The fourth-order valence-corrected chi connectivity index (χ4v) is 1.35. The van der Waals surface area contributed by atoms with Crippen molar-refractivity contribution in [3.8, 4) is 5.75 Å². The third-order valence-electron chi connectivity index (χ3n) is 2.22. The van der Waals surface area contributed by atoms with Crippen molar-refractivity contribution in [1.82, 2.24) is 4.90 Å². The van der Waals surface area contributed by atoms with Gasteiger partial charge in [-0.05, 0) is 12.1 Å². The molecule has 1 aromatic carbocycles. The first-order chi connectivity index (χ1) is 9.40. The second-order valence-corrected chi connectivity index (χ2v) is 3.93. The zero-order valence-corrected chi connectivity index (χ0v) is 10.8. The van der Waals surface area contributed by atoms with E-state index in [4.69, 9.17) is 15.6 Å². The van der Waals surface area contributed by atoms with Crippen LogP contribution in [-0.2, 0) is 9.59 Å². The number of carboxylic acids is 1. The Morgan fingerprint density at radius 1 is 1.35 bits per heavy atom. The van der Waals surface area contributed by atoms with E-state index in [1.54, 1.807) is 18.2 Å². The summed E-state index contributed by atoms with van der Waals surface area (Å²) in [6.45, 7) is -0.756. The van der Waals surface area contributed by atoms with Crippen molar-refractivity contribution in [2.45, 2.75) is 0 Å². The summed E-state index contributed by atoms with van der Waals surface area (Å²) < 4.78 is 5.04. The number of likely N-dealkylation sites (N-methyl/N-ethyl adjacent to an activating group) is 1. The molecule has 0 atom stereocenters. The first-order valence-corrected chi connectivity index (χ1v) is 5.64. The fraction of sp³-hybridized carbons (Fsp3) is 0.250. The van der Waals surface area contributed by atoms with Crippen LogP contribution < -0.4 is 15.8 Å². The number of carboxylic acid groups (broad SMARTS) is 1. The fourth-order valence-electron chi connectivity index (χ4n) is 1.35. The number of carbonyl (C=O) groups excluding carboxylic acids is 2. The predicted molar refractivity (Wildman–Crippen MR) is 70.4 cm³/mol. The zero-order chi connectivity index (χ0) is 15.1. The van der Waals surface area contributed by atoms with Crippen LogP contribution >= 0.6 is 0 Å². The Balaban J connectivity index is 2.73. The van der Waals surface area contributed by atoms with Crippen LogP contribution in [0.5, 0.6) is 5.75 Å². The minimum atomic E-state index is -1.13. The number of rotatable bonds is 6. The highest BCUT2D eigenvalue weighted by atomic mass is 16.5. The number of urea groups is 1. The molecule has 0 saturated heterocycles. The Morgan fingerprint density at radius 2 is 2.00 bits per heavy atom. The molecule has 20 heavy (non-hydrogen) atoms. The van der Waals surface area contributed by atoms with Crippen molar-refractivity contribution in [1.29, 1.82) is 0 Å². The molecule has 8 nitrogen and oxygen atoms in total. The van der Waals surface area contributed by atoms with Gasteiger partial charge >= 0.3 is 12.0 Å². The van der Waals surface area contributed by atoms with Gasteiger partial charge in [-0.25, -0.2) is 9.59 Å². The lowest BCUT2D eigenvalue weighted by atomic mass is 10.3. The lowest BCUT2D eigenvalue weighted by Gasteiger charge is -2.17. The van der Waals surface area contributed by atoms with Crippen LogP contribution in [0.15, 0.2) is 24.3 Å². The molecule has 0 heterocycles. The number of hydrogen-bond acceptors (Lipinski definition) is 4. The molecule has 0 saturated carbocycles. The van der Waals surface area contributed by atoms with E-state index < -0.39 is 24.5 Å². The number of anilines is 1. The number of ether oxygens (including phenoxy) is 1. The van der Waals surface area contributed by atoms with Gasteiger partial charge < -0.3 is 25.8 Å². The van der Waals surface area contributed by atoms with Crippen LogP contribution in [0.4, 0.5) is 10.5 Å². The van der Waals surface area contributed by atoms with E-state index in [0.29, 0.717) is 5.69 Å². The lowest BCUT2D eigenvalue weighted by Crippen LogP contribution is -2.38. The maximum Gasteiger partial charge on any atom is 0.341 e. The molecule has 8 heteroatoms. The summed E-state index contributed by atoms with van der Waals surface area (Å²) in [4.78, 5) is 34.1. The number of nitrogens with one attached hydrogen (secondary N) is 1. The van der Waals surface area contributed by atoms with Gasteiger partial charge in [0.2, 0.25) is 5.91 Å². The number of nitrogens with two attached hydrogens (primary N) is 1. The lowest BCUT2D eigenvalue weighted by molar-refractivity contribution is -0.139. The van der Waals surface area contributed by atoms with Crippen molar-refractivity contribution in [3.05, 3.63) is 24.3 Å². The summed E-state index contributed by atoms with van der Waals surface area (Å²) in [5.41, 5.74) is 5.29. The van der Waals surface area contributed by atoms with Gasteiger partial charge in [0.25, 0.3) is 0 Å². The van der Waals surface area contributed by atoms with Gasteiger partial charge in [0.1, 0.15) is 12.3 Å². The van der Waals surface area contributed by atoms with Gasteiger partial charge in [0.05, 0.1) is 5.69 Å². The first kappa shape index (κ1) is 15.3. The molecule has 4 N–H and O–H groups in total. The van der Waals surface area contributed by atoms with Crippen molar-refractivity contribution in [2.24, 2.45) is 5.73 Å². The Bertz CT molecular complexity index is 518. The van der Waals surface area contributed by atoms with E-state index in [1.807, 2.05) is 0 Å². The molecular weight excluding hydrogens is 266 g/mol. The normalized spacial score (nSPS) is 9.65. The molecule has 108 valence electrons. The summed E-state index contributed by atoms with van der Waals surface area (Å²) in [7, 11) is 1.40. The van der Waals surface area contributed by atoms with E-state index >= 15 is 0 Å². The number of para-hydroxylation sites is 2. The molecule has 0 aromatic heterocycles. The summed E-state index contributed by atoms with van der Waals surface area (Å²) in [6.07, 6.45) is 0. The van der Waals surface area contributed by atoms with Gasteiger partial charge in [0, 0.05) is 7.05 Å². The second kappa shape index (κ2) is 6.98. The molecule has 1 rings (SSSR count). The van der Waals surface area contributed by atoms with Crippen LogP contribution in [-0.4, -0.2) is 48.1 Å². The first-order valence-electron chi connectivity index (χ1n) is 5.64. The van der Waals surface area contributed by atoms with Crippen LogP contribution in [0.3, 0.4) is 0 Å². The van der Waals surface area contributed by atoms with E-state index in [-0.39, 0.29) is 12.3 Å². The monoisotopic (exact) mass is 281 g/mol. The summed E-state index contributed by atoms with van der Waals surface area (Å²) in [5, 5.41) is 11.1. The quantitative estimate of drug-likeness (QED) is 0.682. The number of carbonyl (C=O) groups is 3. The van der Waals surface area contributed by atoms with Gasteiger partial charge in [-0.1, -0.05) is 12.1 Å². The molecule has 1 aromatic rings. The van der Waals surface area contributed by atoms with Crippen molar-refractivity contribution < 1.29 is 24.2 Å². The van der Waals surface area contributed by atoms with E-state index in [1.165, 1.54) is 13.1 Å². The van der Waals surface area contributed by atoms with E-state index in [2.05, 4.69) is 5.32 Å². The van der Waals surface area contributed by atoms with Crippen molar-refractivity contribution in [2.75, 3.05) is 25.5 Å². The number of hydrogen-bond donors (Lipinski definition) is 3. The summed E-state index contributed by atoms with van der Waals surface area (Å²) in [5.74, 6) is -1.55. The third-order valence-corrected chi connectivity index (χ3v) is 2.22. The molecule has 0 fully saturated rings. The van der Waals surface area contributed by atoms with Crippen LogP contribution in [0.2, 0.25) is 0 Å².